The Labute approximate surface area is 175 Å². The number of nitrogens with zero attached hydrogens (tertiary/aromatic N) is 1. The number of fused-ring (bicyclic) bond motifs is 1. The lowest BCUT2D eigenvalue weighted by atomic mass is 9.93. The zero-order valence-electron chi connectivity index (χ0n) is 16.7. The summed E-state index contributed by atoms with van der Waals surface area (Å²) >= 11 is 0. The Morgan fingerprint density at radius 2 is 1.43 bits per heavy atom. The number of allylic oxidation sites excluding steroid dienone is 3. The summed E-state index contributed by atoms with van der Waals surface area (Å²) in [5.41, 5.74) is 3.26. The van der Waals surface area contributed by atoms with Crippen LogP contribution < -0.4 is 5.56 Å². The molecule has 4 aromatic rings. The number of rotatable bonds is 5. The molecule has 0 N–H and O–H groups in total. The van der Waals surface area contributed by atoms with E-state index in [2.05, 4.69) is 0 Å². The van der Waals surface area contributed by atoms with Gasteiger partial charge in [-0.2, -0.15) is 0 Å². The monoisotopic (exact) mass is 391 g/mol. The molecule has 3 nitrogen and oxygen atoms in total. The third-order valence-electron chi connectivity index (χ3n) is 5.06. The van der Waals surface area contributed by atoms with Gasteiger partial charge in [0.05, 0.1) is 11.1 Å². The molecule has 0 atom stereocenters. The molecule has 3 heteroatoms. The van der Waals surface area contributed by atoms with E-state index in [4.69, 9.17) is 0 Å². The Balaban J connectivity index is 1.83. The van der Waals surface area contributed by atoms with Crippen LogP contribution in [0.5, 0.6) is 0 Å². The maximum absolute atomic E-state index is 13.2. The summed E-state index contributed by atoms with van der Waals surface area (Å²) in [6.07, 6.45) is 6.86. The van der Waals surface area contributed by atoms with Gasteiger partial charge in [-0.3, -0.25) is 9.59 Å². The number of aromatic nitrogens is 1. The van der Waals surface area contributed by atoms with Crippen LogP contribution in [0.2, 0.25) is 0 Å². The molecular weight excluding hydrogens is 370 g/mol. The van der Waals surface area contributed by atoms with Gasteiger partial charge in [0.2, 0.25) is 0 Å². The lowest BCUT2D eigenvalue weighted by Crippen LogP contribution is -2.25. The van der Waals surface area contributed by atoms with Crippen LogP contribution in [0.25, 0.3) is 28.1 Å². The Bertz CT molecular complexity index is 1310. The van der Waals surface area contributed by atoms with Crippen molar-refractivity contribution in [2.24, 2.45) is 7.05 Å². The minimum atomic E-state index is -0.307. The molecule has 1 aromatic heterocycles. The molecule has 0 unspecified atom stereocenters. The third kappa shape index (κ3) is 3.78. The van der Waals surface area contributed by atoms with Crippen LogP contribution in [0.3, 0.4) is 0 Å². The van der Waals surface area contributed by atoms with Crippen molar-refractivity contribution in [3.05, 3.63) is 125 Å². The number of hydrogen-bond acceptors (Lipinski definition) is 2. The number of benzene rings is 3. The third-order valence-corrected chi connectivity index (χ3v) is 5.06. The van der Waals surface area contributed by atoms with Crippen molar-refractivity contribution in [3.63, 3.8) is 0 Å². The van der Waals surface area contributed by atoms with Crippen molar-refractivity contribution >= 4 is 22.8 Å². The van der Waals surface area contributed by atoms with E-state index >= 15 is 0 Å². The highest BCUT2D eigenvalue weighted by Gasteiger charge is 2.20. The summed E-state index contributed by atoms with van der Waals surface area (Å²) in [6, 6.07) is 27.1. The second kappa shape index (κ2) is 8.58. The van der Waals surface area contributed by atoms with E-state index in [-0.39, 0.29) is 16.9 Å². The van der Waals surface area contributed by atoms with Gasteiger partial charge in [0.25, 0.3) is 5.56 Å². The summed E-state index contributed by atoms with van der Waals surface area (Å²) in [7, 11) is 1.70. The van der Waals surface area contributed by atoms with Gasteiger partial charge in [-0.25, -0.2) is 0 Å². The molecule has 0 saturated carbocycles. The Morgan fingerprint density at radius 3 is 2.17 bits per heavy atom. The second-order valence-electron chi connectivity index (χ2n) is 6.99. The van der Waals surface area contributed by atoms with Gasteiger partial charge in [0.1, 0.15) is 0 Å². The summed E-state index contributed by atoms with van der Waals surface area (Å²) in [5, 5.41) is 0.877. The van der Waals surface area contributed by atoms with Gasteiger partial charge in [-0.05, 0) is 23.3 Å². The number of ketones is 1. The highest BCUT2D eigenvalue weighted by molar-refractivity contribution is 6.14. The van der Waals surface area contributed by atoms with Gasteiger partial charge in [0.15, 0.2) is 5.78 Å². The second-order valence-corrected chi connectivity index (χ2v) is 6.99. The molecule has 0 fully saturated rings. The molecule has 3 aromatic carbocycles. The van der Waals surface area contributed by atoms with Crippen molar-refractivity contribution in [1.29, 1.82) is 0 Å². The minimum absolute atomic E-state index is 0.187. The smallest absolute Gasteiger partial charge is 0.262 e. The molecule has 0 saturated heterocycles. The molecule has 0 radical (unpaired) electrons. The average molecular weight is 391 g/mol. The standard InChI is InChI=1S/C27H21NO2/c1-28-23-18-10-9-17-22(23)25(21-15-6-3-7-16-21)26(27(28)30)24(29)19-11-8-14-20-12-4-2-5-13-20/h2-19H,1H3/b14-8+,19-11+. The first kappa shape index (κ1) is 19.3. The molecule has 0 spiro atoms. The topological polar surface area (TPSA) is 39.1 Å². The maximum atomic E-state index is 13.2. The highest BCUT2D eigenvalue weighted by atomic mass is 16.1. The maximum Gasteiger partial charge on any atom is 0.262 e. The summed E-state index contributed by atoms with van der Waals surface area (Å²) in [6.45, 7) is 0. The van der Waals surface area contributed by atoms with Crippen LogP contribution >= 0.6 is 0 Å². The van der Waals surface area contributed by atoms with E-state index in [1.807, 2.05) is 91.0 Å². The molecule has 0 amide bonds. The van der Waals surface area contributed by atoms with Gasteiger partial charge < -0.3 is 4.57 Å². The van der Waals surface area contributed by atoms with Crippen molar-refractivity contribution in [1.82, 2.24) is 4.57 Å². The molecule has 0 bridgehead atoms. The number of carbonyl (C=O) groups excluding carboxylic acids is 1. The van der Waals surface area contributed by atoms with E-state index in [0.717, 1.165) is 22.0 Å². The summed E-state index contributed by atoms with van der Waals surface area (Å²) in [5.74, 6) is -0.307. The zero-order valence-corrected chi connectivity index (χ0v) is 16.7. The van der Waals surface area contributed by atoms with E-state index in [9.17, 15) is 9.59 Å². The Morgan fingerprint density at radius 1 is 0.800 bits per heavy atom. The normalized spacial score (nSPS) is 11.5. The molecular formula is C27H21NO2. The molecule has 4 rings (SSSR count). The molecule has 0 aliphatic heterocycles. The lowest BCUT2D eigenvalue weighted by molar-refractivity contribution is 0.104. The Kier molecular flexibility index (Phi) is 5.53. The summed E-state index contributed by atoms with van der Waals surface area (Å²) in [4.78, 5) is 26.3. The van der Waals surface area contributed by atoms with Crippen LogP contribution in [-0.4, -0.2) is 10.4 Å². The minimum Gasteiger partial charge on any atom is -0.311 e. The van der Waals surface area contributed by atoms with Crippen LogP contribution in [0.15, 0.2) is 108 Å². The number of para-hydroxylation sites is 1. The number of aryl methyl sites for hydroxylation is 1. The first-order chi connectivity index (χ1) is 14.7. The fourth-order valence-electron chi connectivity index (χ4n) is 3.59. The first-order valence-corrected chi connectivity index (χ1v) is 9.78. The van der Waals surface area contributed by atoms with Gasteiger partial charge in [-0.1, -0.05) is 97.1 Å². The summed E-state index contributed by atoms with van der Waals surface area (Å²) < 4.78 is 1.54. The van der Waals surface area contributed by atoms with Crippen molar-refractivity contribution in [2.45, 2.75) is 0 Å². The highest BCUT2D eigenvalue weighted by Crippen LogP contribution is 2.30. The molecule has 0 aliphatic carbocycles. The average Bonchev–Trinajstić information content (AvgIpc) is 2.80. The first-order valence-electron chi connectivity index (χ1n) is 9.78. The van der Waals surface area contributed by atoms with Gasteiger partial charge >= 0.3 is 0 Å². The van der Waals surface area contributed by atoms with E-state index in [0.29, 0.717) is 5.56 Å². The molecule has 1 heterocycles. The van der Waals surface area contributed by atoms with Crippen molar-refractivity contribution < 1.29 is 4.79 Å². The van der Waals surface area contributed by atoms with Gasteiger partial charge in [0, 0.05) is 18.0 Å². The van der Waals surface area contributed by atoms with Crippen molar-refractivity contribution in [2.75, 3.05) is 0 Å². The molecule has 30 heavy (non-hydrogen) atoms. The van der Waals surface area contributed by atoms with Crippen LogP contribution in [0.1, 0.15) is 15.9 Å². The zero-order chi connectivity index (χ0) is 20.9. The quantitative estimate of drug-likeness (QED) is 0.250. The predicted molar refractivity (Wildman–Crippen MR) is 124 cm³/mol. The lowest BCUT2D eigenvalue weighted by Gasteiger charge is -2.14. The molecule has 146 valence electrons. The fraction of sp³-hybridized carbons (Fsp3) is 0.0370. The van der Waals surface area contributed by atoms with E-state index < -0.39 is 0 Å². The molecule has 0 aliphatic rings. The van der Waals surface area contributed by atoms with E-state index in [1.54, 1.807) is 23.8 Å². The fourth-order valence-corrected chi connectivity index (χ4v) is 3.59. The van der Waals surface area contributed by atoms with Crippen molar-refractivity contribution in [3.8, 4) is 11.1 Å². The Hall–Kier alpha value is -3.98. The number of pyridine rings is 1. The SMILES string of the molecule is Cn1c(=O)c(C(=O)/C=C/C=C/c2ccccc2)c(-c2ccccc2)c2ccccc21. The van der Waals surface area contributed by atoms with Crippen LogP contribution in [0, 0.1) is 0 Å². The number of hydrogen-bond donors (Lipinski definition) is 0. The van der Waals surface area contributed by atoms with E-state index in [1.165, 1.54) is 6.08 Å². The predicted octanol–water partition coefficient (Wildman–Crippen LogP) is 5.66. The largest absolute Gasteiger partial charge is 0.311 e. The van der Waals surface area contributed by atoms with Crippen LogP contribution in [-0.2, 0) is 7.05 Å². The number of carbonyl (C=O) groups is 1. The van der Waals surface area contributed by atoms with Gasteiger partial charge in [-0.15, -0.1) is 0 Å². The van der Waals surface area contributed by atoms with Crippen LogP contribution in [0.4, 0.5) is 0 Å².